The second kappa shape index (κ2) is 11.6. The van der Waals surface area contributed by atoms with Gasteiger partial charge in [0.05, 0.1) is 0 Å². The topological polar surface area (TPSA) is 200 Å². The Hall–Kier alpha value is -3.66. The van der Waals surface area contributed by atoms with Gasteiger partial charge in [0.2, 0.25) is 12.2 Å². The molecule has 3 unspecified atom stereocenters. The van der Waals surface area contributed by atoms with Gasteiger partial charge in [0.1, 0.15) is 29.1 Å². The van der Waals surface area contributed by atoms with E-state index < -0.39 is 58.6 Å². The molecular formula is C21H25N5O9S2. The number of nitrogens with two attached hydrogens (primary N) is 1. The molecule has 0 saturated carbocycles. The first-order valence-electron chi connectivity index (χ1n) is 10.8. The van der Waals surface area contributed by atoms with Crippen LogP contribution in [0.25, 0.3) is 0 Å². The Morgan fingerprint density at radius 1 is 1.35 bits per heavy atom. The Morgan fingerprint density at radius 2 is 2.08 bits per heavy atom. The fourth-order valence-corrected chi connectivity index (χ4v) is 5.73. The van der Waals surface area contributed by atoms with E-state index in [0.29, 0.717) is 0 Å². The number of oxime groups is 1. The molecule has 4 N–H and O–H groups in total. The van der Waals surface area contributed by atoms with Gasteiger partial charge in [-0.05, 0) is 0 Å². The fraction of sp³-hybridized carbons (Fsp3) is 0.476. The monoisotopic (exact) mass is 555 g/mol. The zero-order valence-corrected chi connectivity index (χ0v) is 21.7. The number of hydrogen-bond donors (Lipinski definition) is 3. The third-order valence-electron chi connectivity index (χ3n) is 5.30. The molecule has 200 valence electrons. The van der Waals surface area contributed by atoms with E-state index in [0.717, 1.165) is 11.3 Å². The van der Waals surface area contributed by atoms with Crippen molar-refractivity contribution in [2.45, 2.75) is 38.5 Å². The number of anilines is 1. The van der Waals surface area contributed by atoms with E-state index in [1.807, 2.05) is 0 Å². The zero-order chi connectivity index (χ0) is 27.3. The number of esters is 3. The fourth-order valence-electron chi connectivity index (χ4n) is 3.67. The minimum absolute atomic E-state index is 0.0593. The number of thioether (sulfide) groups is 1. The Morgan fingerprint density at radius 3 is 2.68 bits per heavy atom. The Kier molecular flexibility index (Phi) is 8.75. The van der Waals surface area contributed by atoms with Crippen LogP contribution in [-0.2, 0) is 38.2 Å². The van der Waals surface area contributed by atoms with Crippen molar-refractivity contribution >= 4 is 63.7 Å². The molecule has 1 aromatic heterocycles. The minimum atomic E-state index is -1.34. The normalized spacial score (nSPS) is 24.0. The Bertz CT molecular complexity index is 1150. The number of carbonyl (C=O) groups excluding carboxylic acids is 5. The van der Waals surface area contributed by atoms with Gasteiger partial charge in [-0.3, -0.25) is 24.0 Å². The lowest BCUT2D eigenvalue weighted by atomic mass is 9.86. The average molecular weight is 556 g/mol. The molecular weight excluding hydrogens is 530 g/mol. The van der Waals surface area contributed by atoms with Crippen molar-refractivity contribution in [1.82, 2.24) is 15.2 Å². The molecule has 2 aliphatic rings. The third-order valence-corrected chi connectivity index (χ3v) is 7.53. The summed E-state index contributed by atoms with van der Waals surface area (Å²) < 4.78 is 15.0. The molecule has 2 fully saturated rings. The number of nitrogens with zero attached hydrogens (tertiary/aromatic N) is 3. The number of amides is 2. The maximum atomic E-state index is 13.1. The second-order valence-electron chi connectivity index (χ2n) is 8.08. The number of aromatic nitrogens is 1. The highest BCUT2D eigenvalue weighted by Gasteiger charge is 2.57. The third kappa shape index (κ3) is 6.37. The summed E-state index contributed by atoms with van der Waals surface area (Å²) in [5, 5.41) is 15.9. The zero-order valence-electron chi connectivity index (χ0n) is 20.0. The van der Waals surface area contributed by atoms with Crippen LogP contribution < -0.4 is 11.1 Å². The number of thiazole rings is 1. The van der Waals surface area contributed by atoms with Crippen molar-refractivity contribution in [3.63, 3.8) is 0 Å². The standard InChI is InChI=1S/C21H25N5O9S2/c1-10(27)33-6-4-5-21(19(31)35-12(3)34-11(2)28)8-26-17(30)15(18(26)37-9-21)24-16(29)14(25-32)13-7-36-20(22)23-13/h4-5,7,12,15,18,32H,6,8-9H2,1-3H3,(H2,22,23)(H,24,29)/t12?,15?,18-,21?/m1/s1. The SMILES string of the molecule is CC(=O)OCC=CC1(C(=O)OC(C)OC(C)=O)CS[C@@H]2C(NC(=O)C(=NO)c3csc(N)n3)C(=O)N2C1. The molecule has 2 aliphatic heterocycles. The predicted molar refractivity (Wildman–Crippen MR) is 130 cm³/mol. The minimum Gasteiger partial charge on any atom is -0.462 e. The molecule has 0 bridgehead atoms. The molecule has 4 atom stereocenters. The number of carbonyl (C=O) groups is 5. The molecule has 16 heteroatoms. The summed E-state index contributed by atoms with van der Waals surface area (Å²) in [4.78, 5) is 66.3. The molecule has 3 rings (SSSR count). The number of ether oxygens (including phenoxy) is 3. The molecule has 1 aromatic rings. The highest BCUT2D eigenvalue weighted by molar-refractivity contribution is 8.00. The first-order chi connectivity index (χ1) is 17.5. The van der Waals surface area contributed by atoms with E-state index >= 15 is 0 Å². The highest BCUT2D eigenvalue weighted by atomic mass is 32.2. The van der Waals surface area contributed by atoms with E-state index in [4.69, 9.17) is 19.9 Å². The van der Waals surface area contributed by atoms with Crippen molar-refractivity contribution in [2.24, 2.45) is 10.6 Å². The molecule has 14 nitrogen and oxygen atoms in total. The summed E-state index contributed by atoms with van der Waals surface area (Å²) in [5.41, 5.74) is 3.89. The summed E-state index contributed by atoms with van der Waals surface area (Å²) in [5.74, 6) is -3.05. The first kappa shape index (κ1) is 27.9. The van der Waals surface area contributed by atoms with E-state index in [9.17, 15) is 29.2 Å². The van der Waals surface area contributed by atoms with Gasteiger partial charge >= 0.3 is 17.9 Å². The van der Waals surface area contributed by atoms with Gasteiger partial charge in [0.15, 0.2) is 10.8 Å². The van der Waals surface area contributed by atoms with Crippen LogP contribution >= 0.6 is 23.1 Å². The van der Waals surface area contributed by atoms with Gasteiger partial charge in [0, 0.05) is 38.4 Å². The predicted octanol–water partition coefficient (Wildman–Crippen LogP) is -0.138. The van der Waals surface area contributed by atoms with Crippen LogP contribution in [0.15, 0.2) is 22.7 Å². The van der Waals surface area contributed by atoms with Gasteiger partial charge in [-0.2, -0.15) is 0 Å². The maximum absolute atomic E-state index is 13.1. The second-order valence-corrected chi connectivity index (χ2v) is 10.1. The molecule has 3 heterocycles. The van der Waals surface area contributed by atoms with Crippen molar-refractivity contribution in [1.29, 1.82) is 0 Å². The Balaban J connectivity index is 1.72. The quantitative estimate of drug-likeness (QED) is 0.0694. The van der Waals surface area contributed by atoms with Gasteiger partial charge in [0.25, 0.3) is 5.91 Å². The number of fused-ring (bicyclic) bond motifs is 1. The van der Waals surface area contributed by atoms with Crippen LogP contribution in [0.2, 0.25) is 0 Å². The summed E-state index contributed by atoms with van der Waals surface area (Å²) in [6.45, 7) is 3.59. The van der Waals surface area contributed by atoms with E-state index in [1.165, 1.54) is 55.0 Å². The van der Waals surface area contributed by atoms with Gasteiger partial charge in [-0.25, -0.2) is 4.98 Å². The van der Waals surface area contributed by atoms with Crippen LogP contribution in [0.5, 0.6) is 0 Å². The number of β-lactam (4-membered cyclic amide) rings is 1. The van der Waals surface area contributed by atoms with E-state index in [2.05, 4.69) is 15.5 Å². The van der Waals surface area contributed by atoms with Crippen molar-refractivity contribution in [3.8, 4) is 0 Å². The first-order valence-corrected chi connectivity index (χ1v) is 12.8. The van der Waals surface area contributed by atoms with E-state index in [-0.39, 0.29) is 29.7 Å². The van der Waals surface area contributed by atoms with Crippen molar-refractivity contribution in [2.75, 3.05) is 24.6 Å². The van der Waals surface area contributed by atoms with Crippen LogP contribution in [0.3, 0.4) is 0 Å². The molecule has 0 aromatic carbocycles. The highest BCUT2D eigenvalue weighted by Crippen LogP contribution is 2.43. The molecule has 0 aliphatic carbocycles. The number of nitrogens with one attached hydrogen (secondary N) is 1. The van der Waals surface area contributed by atoms with Gasteiger partial charge in [-0.15, -0.1) is 23.1 Å². The Labute approximate surface area is 219 Å². The lowest BCUT2D eigenvalue weighted by Gasteiger charge is -2.53. The lowest BCUT2D eigenvalue weighted by Crippen LogP contribution is -2.74. The van der Waals surface area contributed by atoms with Crippen LogP contribution in [-0.4, -0.2) is 87.1 Å². The molecule has 37 heavy (non-hydrogen) atoms. The largest absolute Gasteiger partial charge is 0.462 e. The molecule has 0 radical (unpaired) electrons. The summed E-state index contributed by atoms with van der Waals surface area (Å²) in [6, 6.07) is -0.941. The van der Waals surface area contributed by atoms with Crippen molar-refractivity contribution < 1.29 is 43.4 Å². The smallest absolute Gasteiger partial charge is 0.321 e. The summed E-state index contributed by atoms with van der Waals surface area (Å²) >= 11 is 2.27. The number of nitrogen functional groups attached to an aromatic ring is 1. The van der Waals surface area contributed by atoms with Crippen LogP contribution in [0.1, 0.15) is 26.5 Å². The van der Waals surface area contributed by atoms with Gasteiger partial charge < -0.3 is 35.4 Å². The van der Waals surface area contributed by atoms with E-state index in [1.54, 1.807) is 0 Å². The van der Waals surface area contributed by atoms with Crippen molar-refractivity contribution in [3.05, 3.63) is 23.2 Å². The molecule has 2 saturated heterocycles. The lowest BCUT2D eigenvalue weighted by molar-refractivity contribution is -0.189. The van der Waals surface area contributed by atoms with Crippen LogP contribution in [0, 0.1) is 5.41 Å². The number of hydrogen-bond acceptors (Lipinski definition) is 14. The summed E-state index contributed by atoms with van der Waals surface area (Å²) in [6.07, 6.45) is 1.79. The summed E-state index contributed by atoms with van der Waals surface area (Å²) in [7, 11) is 0. The van der Waals surface area contributed by atoms with Gasteiger partial charge in [-0.1, -0.05) is 17.3 Å². The van der Waals surface area contributed by atoms with Crippen LogP contribution in [0.4, 0.5) is 5.13 Å². The average Bonchev–Trinajstić information content (AvgIpc) is 3.25. The molecule has 0 spiro atoms. The number of rotatable bonds is 9. The molecule has 2 amide bonds. The maximum Gasteiger partial charge on any atom is 0.321 e.